The summed E-state index contributed by atoms with van der Waals surface area (Å²) in [5.74, 6) is -0.487. The number of benzene rings is 1. The molecule has 1 unspecified atom stereocenters. The van der Waals surface area contributed by atoms with E-state index in [0.717, 1.165) is 5.56 Å². The Balaban J connectivity index is 1.94. The molecule has 2 N–H and O–H groups in total. The zero-order chi connectivity index (χ0) is 15.2. The van der Waals surface area contributed by atoms with Crippen LogP contribution in [-0.4, -0.2) is 49.4 Å². The van der Waals surface area contributed by atoms with Crippen LogP contribution in [0.4, 0.5) is 4.39 Å². The zero-order valence-electron chi connectivity index (χ0n) is 12.1. The van der Waals surface area contributed by atoms with E-state index in [-0.39, 0.29) is 17.6 Å². The number of piperazine rings is 1. The number of hydrogen-bond acceptors (Lipinski definition) is 3. The standard InChI is InChI=1S/C15H20FN3O2/c1-17-15(21)13-10-18-8-9-19(13)14(20)7-4-11-2-5-12(16)6-3-11/h2-3,5-6,13,18H,4,7-10H2,1H3,(H,17,21). The number of nitrogens with zero attached hydrogens (tertiary/aromatic N) is 1. The first-order valence-electron chi connectivity index (χ1n) is 7.08. The van der Waals surface area contributed by atoms with Crippen LogP contribution in [0, 0.1) is 5.82 Å². The third-order valence-electron chi connectivity index (χ3n) is 3.65. The van der Waals surface area contributed by atoms with E-state index in [1.807, 2.05) is 0 Å². The van der Waals surface area contributed by atoms with Gasteiger partial charge in [0.25, 0.3) is 0 Å². The maximum atomic E-state index is 12.8. The SMILES string of the molecule is CNC(=O)C1CNCCN1C(=O)CCc1ccc(F)cc1. The van der Waals surface area contributed by atoms with Crippen molar-refractivity contribution in [3.63, 3.8) is 0 Å². The summed E-state index contributed by atoms with van der Waals surface area (Å²) in [6.07, 6.45) is 0.864. The van der Waals surface area contributed by atoms with Crippen LogP contribution in [0.3, 0.4) is 0 Å². The molecule has 1 saturated heterocycles. The van der Waals surface area contributed by atoms with E-state index >= 15 is 0 Å². The second-order valence-corrected chi connectivity index (χ2v) is 5.05. The molecular weight excluding hydrogens is 273 g/mol. The molecule has 6 heteroatoms. The van der Waals surface area contributed by atoms with Crippen molar-refractivity contribution in [2.45, 2.75) is 18.9 Å². The largest absolute Gasteiger partial charge is 0.357 e. The monoisotopic (exact) mass is 293 g/mol. The first-order chi connectivity index (χ1) is 10.1. The lowest BCUT2D eigenvalue weighted by Crippen LogP contribution is -2.59. The topological polar surface area (TPSA) is 61.4 Å². The Morgan fingerprint density at radius 3 is 2.76 bits per heavy atom. The van der Waals surface area contributed by atoms with Crippen LogP contribution in [0.2, 0.25) is 0 Å². The second-order valence-electron chi connectivity index (χ2n) is 5.05. The van der Waals surface area contributed by atoms with E-state index in [9.17, 15) is 14.0 Å². The Kier molecular flexibility index (Phi) is 5.27. The molecule has 0 bridgehead atoms. The Bertz CT molecular complexity index is 504. The Morgan fingerprint density at radius 2 is 2.10 bits per heavy atom. The summed E-state index contributed by atoms with van der Waals surface area (Å²) < 4.78 is 12.8. The smallest absolute Gasteiger partial charge is 0.243 e. The molecule has 0 aromatic heterocycles. The van der Waals surface area contributed by atoms with Crippen LogP contribution in [0.1, 0.15) is 12.0 Å². The molecule has 0 radical (unpaired) electrons. The molecule has 0 saturated carbocycles. The molecule has 1 heterocycles. The fraction of sp³-hybridized carbons (Fsp3) is 0.467. The molecule has 2 rings (SSSR count). The number of aryl methyl sites for hydroxylation is 1. The minimum absolute atomic E-state index is 0.0468. The van der Waals surface area contributed by atoms with Gasteiger partial charge in [-0.1, -0.05) is 12.1 Å². The predicted octanol–water partition coefficient (Wildman–Crippen LogP) is 0.305. The lowest BCUT2D eigenvalue weighted by Gasteiger charge is -2.35. The van der Waals surface area contributed by atoms with Crippen molar-refractivity contribution < 1.29 is 14.0 Å². The fourth-order valence-electron chi connectivity index (χ4n) is 2.45. The van der Waals surface area contributed by atoms with E-state index in [1.54, 1.807) is 24.1 Å². The van der Waals surface area contributed by atoms with Crippen molar-refractivity contribution in [1.82, 2.24) is 15.5 Å². The second kappa shape index (κ2) is 7.17. The van der Waals surface area contributed by atoms with Crippen molar-refractivity contribution in [3.8, 4) is 0 Å². The van der Waals surface area contributed by atoms with Gasteiger partial charge in [-0.25, -0.2) is 4.39 Å². The van der Waals surface area contributed by atoms with Crippen LogP contribution < -0.4 is 10.6 Å². The number of amides is 2. The van der Waals surface area contributed by atoms with Gasteiger partial charge in [-0.15, -0.1) is 0 Å². The summed E-state index contributed by atoms with van der Waals surface area (Å²) in [4.78, 5) is 25.7. The zero-order valence-corrected chi connectivity index (χ0v) is 12.1. The predicted molar refractivity (Wildman–Crippen MR) is 77.2 cm³/mol. The average Bonchev–Trinajstić information content (AvgIpc) is 2.53. The molecule has 0 spiro atoms. The highest BCUT2D eigenvalue weighted by molar-refractivity contribution is 5.88. The van der Waals surface area contributed by atoms with E-state index in [4.69, 9.17) is 0 Å². The first-order valence-corrected chi connectivity index (χ1v) is 7.08. The van der Waals surface area contributed by atoms with E-state index < -0.39 is 6.04 Å². The molecule has 1 fully saturated rings. The van der Waals surface area contributed by atoms with Crippen LogP contribution in [0.15, 0.2) is 24.3 Å². The molecule has 1 aliphatic rings. The van der Waals surface area contributed by atoms with Gasteiger partial charge < -0.3 is 15.5 Å². The highest BCUT2D eigenvalue weighted by Crippen LogP contribution is 2.10. The van der Waals surface area contributed by atoms with Crippen LogP contribution >= 0.6 is 0 Å². The van der Waals surface area contributed by atoms with Gasteiger partial charge in [0.1, 0.15) is 11.9 Å². The third-order valence-corrected chi connectivity index (χ3v) is 3.65. The molecule has 0 aliphatic carbocycles. The Hall–Kier alpha value is -1.95. The van der Waals surface area contributed by atoms with Gasteiger partial charge in [0.05, 0.1) is 0 Å². The third kappa shape index (κ3) is 4.01. The summed E-state index contributed by atoms with van der Waals surface area (Å²) in [6.45, 7) is 1.69. The molecule has 1 atom stereocenters. The van der Waals surface area contributed by atoms with Crippen molar-refractivity contribution in [2.24, 2.45) is 0 Å². The van der Waals surface area contributed by atoms with Crippen LogP contribution in [-0.2, 0) is 16.0 Å². The number of nitrogens with one attached hydrogen (secondary N) is 2. The van der Waals surface area contributed by atoms with Gasteiger partial charge in [0.2, 0.25) is 11.8 Å². The maximum absolute atomic E-state index is 12.8. The number of carbonyl (C=O) groups is 2. The van der Waals surface area contributed by atoms with Crippen molar-refractivity contribution in [1.29, 1.82) is 0 Å². The summed E-state index contributed by atoms with van der Waals surface area (Å²) >= 11 is 0. The highest BCUT2D eigenvalue weighted by Gasteiger charge is 2.30. The Labute approximate surface area is 123 Å². The van der Waals surface area contributed by atoms with Gasteiger partial charge in [0.15, 0.2) is 0 Å². The van der Waals surface area contributed by atoms with Gasteiger partial charge in [-0.2, -0.15) is 0 Å². The normalized spacial score (nSPS) is 18.4. The summed E-state index contributed by atoms with van der Waals surface area (Å²) in [5.41, 5.74) is 0.913. The molecule has 1 aromatic rings. The number of carbonyl (C=O) groups excluding carboxylic acids is 2. The van der Waals surface area contributed by atoms with E-state index in [0.29, 0.717) is 32.5 Å². The van der Waals surface area contributed by atoms with E-state index in [2.05, 4.69) is 10.6 Å². The van der Waals surface area contributed by atoms with E-state index in [1.165, 1.54) is 12.1 Å². The van der Waals surface area contributed by atoms with Gasteiger partial charge in [-0.3, -0.25) is 9.59 Å². The van der Waals surface area contributed by atoms with Crippen molar-refractivity contribution >= 4 is 11.8 Å². The number of halogens is 1. The lowest BCUT2D eigenvalue weighted by atomic mass is 10.1. The molecule has 114 valence electrons. The first kappa shape index (κ1) is 15.4. The number of hydrogen-bond donors (Lipinski definition) is 2. The van der Waals surface area contributed by atoms with Crippen molar-refractivity contribution in [2.75, 3.05) is 26.7 Å². The summed E-state index contributed by atoms with van der Waals surface area (Å²) in [7, 11) is 1.57. The van der Waals surface area contributed by atoms with Gasteiger partial charge in [-0.05, 0) is 24.1 Å². The van der Waals surface area contributed by atoms with Crippen molar-refractivity contribution in [3.05, 3.63) is 35.6 Å². The average molecular weight is 293 g/mol. The molecule has 5 nitrogen and oxygen atoms in total. The quantitative estimate of drug-likeness (QED) is 0.839. The number of rotatable bonds is 4. The molecule has 21 heavy (non-hydrogen) atoms. The van der Waals surface area contributed by atoms with Gasteiger partial charge in [0, 0.05) is 33.1 Å². The molecular formula is C15H20FN3O2. The minimum Gasteiger partial charge on any atom is -0.357 e. The summed E-state index contributed by atoms with van der Waals surface area (Å²) in [5, 5.41) is 5.70. The maximum Gasteiger partial charge on any atom is 0.243 e. The Morgan fingerprint density at radius 1 is 1.38 bits per heavy atom. The number of likely N-dealkylation sites (N-methyl/N-ethyl adjacent to an activating group) is 1. The lowest BCUT2D eigenvalue weighted by molar-refractivity contribution is -0.141. The highest BCUT2D eigenvalue weighted by atomic mass is 19.1. The fourth-order valence-corrected chi connectivity index (χ4v) is 2.45. The molecule has 1 aliphatic heterocycles. The van der Waals surface area contributed by atoms with Gasteiger partial charge >= 0.3 is 0 Å². The summed E-state index contributed by atoms with van der Waals surface area (Å²) in [6, 6.07) is 5.67. The molecule has 2 amide bonds. The minimum atomic E-state index is -0.454. The van der Waals surface area contributed by atoms with Crippen LogP contribution in [0.25, 0.3) is 0 Å². The van der Waals surface area contributed by atoms with Crippen LogP contribution in [0.5, 0.6) is 0 Å². The molecule has 1 aromatic carbocycles.